The highest BCUT2D eigenvalue weighted by molar-refractivity contribution is 5.81. The largest absolute Gasteiger partial charge is 0.457 e. The molecule has 4 heteroatoms. The molecule has 1 nitrogen and oxygen atoms in total. The summed E-state index contributed by atoms with van der Waals surface area (Å²) in [5, 5.41) is 0. The molecule has 24 heavy (non-hydrogen) atoms. The second kappa shape index (κ2) is 5.41. The van der Waals surface area contributed by atoms with Crippen LogP contribution in [0.15, 0.2) is 66.7 Å². The minimum absolute atomic E-state index is 0.183. The van der Waals surface area contributed by atoms with E-state index in [1.165, 1.54) is 17.7 Å². The minimum atomic E-state index is -4.38. The van der Waals surface area contributed by atoms with Gasteiger partial charge in [-0.15, -0.1) is 0 Å². The maximum absolute atomic E-state index is 12.9. The van der Waals surface area contributed by atoms with Gasteiger partial charge in [-0.05, 0) is 47.4 Å². The average molecular weight is 326 g/mol. The Kier molecular flexibility index (Phi) is 3.34. The second-order valence-corrected chi connectivity index (χ2v) is 5.75. The third-order valence-corrected chi connectivity index (χ3v) is 4.17. The van der Waals surface area contributed by atoms with E-state index in [0.717, 1.165) is 35.2 Å². The third kappa shape index (κ3) is 2.54. The molecule has 0 amide bonds. The zero-order chi connectivity index (χ0) is 16.7. The van der Waals surface area contributed by atoms with Crippen LogP contribution in [0, 0.1) is 0 Å². The summed E-state index contributed by atoms with van der Waals surface area (Å²) < 4.78 is 44.4. The van der Waals surface area contributed by atoms with Crippen LogP contribution in [0.3, 0.4) is 0 Å². The predicted octanol–water partition coefficient (Wildman–Crippen LogP) is 6.07. The number of hydrogen-bond acceptors (Lipinski definition) is 1. The fraction of sp³-hybridized carbons (Fsp3) is 0.100. The van der Waals surface area contributed by atoms with Crippen molar-refractivity contribution in [1.82, 2.24) is 0 Å². The van der Waals surface area contributed by atoms with Gasteiger partial charge in [-0.3, -0.25) is 0 Å². The van der Waals surface area contributed by atoms with Gasteiger partial charge in [-0.1, -0.05) is 42.5 Å². The molecule has 0 aliphatic heterocycles. The molecule has 0 spiro atoms. The Bertz CT molecular complexity index is 913. The normalized spacial score (nSPS) is 12.6. The van der Waals surface area contributed by atoms with Crippen molar-refractivity contribution in [3.8, 4) is 22.6 Å². The Labute approximate surface area is 137 Å². The molecule has 3 aromatic rings. The lowest BCUT2D eigenvalue weighted by Crippen LogP contribution is -2.04. The third-order valence-electron chi connectivity index (χ3n) is 4.17. The number of ether oxygens (including phenoxy) is 1. The standard InChI is InChI=1S/C20H13F3O/c21-20(22,23)15-7-4-8-16(12-15)24-18-10-3-6-14-11-13-5-1-2-9-17(13)19(14)18/h1-10,12H,11H2. The van der Waals surface area contributed by atoms with Gasteiger partial charge < -0.3 is 4.74 Å². The van der Waals surface area contributed by atoms with Crippen molar-refractivity contribution in [1.29, 1.82) is 0 Å². The van der Waals surface area contributed by atoms with Crippen molar-refractivity contribution >= 4 is 0 Å². The first kappa shape index (κ1) is 14.8. The van der Waals surface area contributed by atoms with Gasteiger partial charge in [-0.25, -0.2) is 0 Å². The maximum Gasteiger partial charge on any atom is 0.416 e. The Morgan fingerprint density at radius 3 is 2.38 bits per heavy atom. The molecule has 0 atom stereocenters. The average Bonchev–Trinajstić information content (AvgIpc) is 2.94. The first-order valence-electron chi connectivity index (χ1n) is 7.58. The molecule has 3 aromatic carbocycles. The highest BCUT2D eigenvalue weighted by atomic mass is 19.4. The monoisotopic (exact) mass is 326 g/mol. The Morgan fingerprint density at radius 2 is 1.54 bits per heavy atom. The highest BCUT2D eigenvalue weighted by Crippen LogP contribution is 2.44. The van der Waals surface area contributed by atoms with Crippen LogP contribution < -0.4 is 4.74 Å². The molecule has 0 radical (unpaired) electrons. The molecule has 0 fully saturated rings. The number of rotatable bonds is 2. The molecule has 0 aromatic heterocycles. The van der Waals surface area contributed by atoms with E-state index in [9.17, 15) is 13.2 Å². The summed E-state index contributed by atoms with van der Waals surface area (Å²) in [6, 6.07) is 18.7. The van der Waals surface area contributed by atoms with Crippen LogP contribution in [0.25, 0.3) is 11.1 Å². The van der Waals surface area contributed by atoms with Crippen LogP contribution in [0.4, 0.5) is 13.2 Å². The summed E-state index contributed by atoms with van der Waals surface area (Å²) in [6.45, 7) is 0. The molecule has 0 saturated carbocycles. The first-order chi connectivity index (χ1) is 11.5. The van der Waals surface area contributed by atoms with Crippen LogP contribution >= 0.6 is 0 Å². The van der Waals surface area contributed by atoms with Gasteiger partial charge in [-0.2, -0.15) is 13.2 Å². The Hall–Kier alpha value is -2.75. The number of hydrogen-bond donors (Lipinski definition) is 0. The fourth-order valence-electron chi connectivity index (χ4n) is 3.10. The van der Waals surface area contributed by atoms with E-state index >= 15 is 0 Å². The smallest absolute Gasteiger partial charge is 0.416 e. The molecular weight excluding hydrogens is 313 g/mol. The van der Waals surface area contributed by atoms with Gasteiger partial charge in [0.1, 0.15) is 11.5 Å². The minimum Gasteiger partial charge on any atom is -0.457 e. The molecule has 0 bridgehead atoms. The van der Waals surface area contributed by atoms with Gasteiger partial charge >= 0.3 is 6.18 Å². The van der Waals surface area contributed by atoms with Crippen LogP contribution in [0.5, 0.6) is 11.5 Å². The molecule has 0 unspecified atom stereocenters. The van der Waals surface area contributed by atoms with Crippen molar-refractivity contribution in [2.24, 2.45) is 0 Å². The summed E-state index contributed by atoms with van der Waals surface area (Å²) in [7, 11) is 0. The van der Waals surface area contributed by atoms with E-state index in [1.54, 1.807) is 6.07 Å². The number of alkyl halides is 3. The van der Waals surface area contributed by atoms with Gasteiger partial charge in [0.15, 0.2) is 0 Å². The molecule has 0 N–H and O–H groups in total. The molecule has 1 aliphatic rings. The molecule has 0 saturated heterocycles. The van der Waals surface area contributed by atoms with Crippen molar-refractivity contribution in [2.45, 2.75) is 12.6 Å². The van der Waals surface area contributed by atoms with Crippen molar-refractivity contribution < 1.29 is 17.9 Å². The van der Waals surface area contributed by atoms with Crippen LogP contribution in [-0.2, 0) is 12.6 Å². The first-order valence-corrected chi connectivity index (χ1v) is 7.58. The molecule has 4 rings (SSSR count). The maximum atomic E-state index is 12.9. The van der Waals surface area contributed by atoms with E-state index < -0.39 is 11.7 Å². The summed E-state index contributed by atoms with van der Waals surface area (Å²) in [5.74, 6) is 0.763. The summed E-state index contributed by atoms with van der Waals surface area (Å²) in [5.41, 5.74) is 3.65. The summed E-state index contributed by atoms with van der Waals surface area (Å²) in [4.78, 5) is 0. The number of halogens is 3. The lowest BCUT2D eigenvalue weighted by Gasteiger charge is -2.13. The summed E-state index contributed by atoms with van der Waals surface area (Å²) in [6.07, 6.45) is -3.57. The zero-order valence-electron chi connectivity index (χ0n) is 12.6. The van der Waals surface area contributed by atoms with E-state index in [4.69, 9.17) is 4.74 Å². The fourth-order valence-corrected chi connectivity index (χ4v) is 3.10. The molecule has 1 aliphatic carbocycles. The number of benzene rings is 3. The Morgan fingerprint density at radius 1 is 0.792 bits per heavy atom. The van der Waals surface area contributed by atoms with Gasteiger partial charge in [0.05, 0.1) is 5.56 Å². The van der Waals surface area contributed by atoms with E-state index in [2.05, 4.69) is 6.07 Å². The highest BCUT2D eigenvalue weighted by Gasteiger charge is 2.31. The van der Waals surface area contributed by atoms with Gasteiger partial charge in [0.25, 0.3) is 0 Å². The van der Waals surface area contributed by atoms with Gasteiger partial charge in [0, 0.05) is 5.56 Å². The van der Waals surface area contributed by atoms with Crippen LogP contribution in [0.2, 0.25) is 0 Å². The van der Waals surface area contributed by atoms with E-state index in [1.807, 2.05) is 30.3 Å². The van der Waals surface area contributed by atoms with Gasteiger partial charge in [0.2, 0.25) is 0 Å². The lowest BCUT2D eigenvalue weighted by molar-refractivity contribution is -0.137. The van der Waals surface area contributed by atoms with Crippen LogP contribution in [-0.4, -0.2) is 0 Å². The topological polar surface area (TPSA) is 9.23 Å². The molecule has 120 valence electrons. The predicted molar refractivity (Wildman–Crippen MR) is 86.2 cm³/mol. The zero-order valence-corrected chi connectivity index (χ0v) is 12.6. The van der Waals surface area contributed by atoms with Crippen molar-refractivity contribution in [2.75, 3.05) is 0 Å². The Balaban J connectivity index is 1.75. The summed E-state index contributed by atoms with van der Waals surface area (Å²) >= 11 is 0. The van der Waals surface area contributed by atoms with Crippen LogP contribution in [0.1, 0.15) is 16.7 Å². The SMILES string of the molecule is FC(F)(F)c1cccc(Oc2cccc3c2-c2ccccc2C3)c1. The van der Waals surface area contributed by atoms with Crippen molar-refractivity contribution in [3.63, 3.8) is 0 Å². The van der Waals surface area contributed by atoms with Crippen molar-refractivity contribution in [3.05, 3.63) is 83.4 Å². The molecule has 0 heterocycles. The van der Waals surface area contributed by atoms with E-state index in [-0.39, 0.29) is 5.75 Å². The second-order valence-electron chi connectivity index (χ2n) is 5.75. The molecular formula is C20H13F3O. The number of fused-ring (bicyclic) bond motifs is 3. The lowest BCUT2D eigenvalue weighted by atomic mass is 10.0. The quantitative estimate of drug-likeness (QED) is 0.434. The van der Waals surface area contributed by atoms with E-state index in [0.29, 0.717) is 5.75 Å².